The van der Waals surface area contributed by atoms with Crippen molar-refractivity contribution < 1.29 is 9.90 Å². The topological polar surface area (TPSA) is 50.2 Å². The lowest BCUT2D eigenvalue weighted by Gasteiger charge is -2.10. The van der Waals surface area contributed by atoms with Crippen molar-refractivity contribution in [2.75, 3.05) is 0 Å². The number of aromatic carboxylic acids is 1. The van der Waals surface area contributed by atoms with E-state index in [0.717, 1.165) is 21.5 Å². The Morgan fingerprint density at radius 3 is 2.60 bits per heavy atom. The summed E-state index contributed by atoms with van der Waals surface area (Å²) in [6.07, 6.45) is 0. The molecule has 3 aromatic carbocycles. The molecule has 1 aromatic heterocycles. The molecule has 0 amide bonds. The maximum absolute atomic E-state index is 11.4. The zero-order valence-electron chi connectivity index (χ0n) is 13.6. The normalized spacial score (nSPS) is 11.1. The van der Waals surface area contributed by atoms with Crippen LogP contribution in [-0.2, 0) is 0 Å². The second-order valence-corrected chi connectivity index (χ2v) is 6.92. The minimum absolute atomic E-state index is 0.297. The van der Waals surface area contributed by atoms with Crippen LogP contribution >= 0.6 is 11.8 Å². The largest absolute Gasteiger partial charge is 0.478 e. The van der Waals surface area contributed by atoms with Gasteiger partial charge in [-0.1, -0.05) is 54.2 Å². The molecule has 1 N–H and O–H groups in total. The molecule has 1 heterocycles. The first-order chi connectivity index (χ1) is 12.1. The van der Waals surface area contributed by atoms with Crippen molar-refractivity contribution in [2.24, 2.45) is 0 Å². The van der Waals surface area contributed by atoms with Gasteiger partial charge >= 0.3 is 5.97 Å². The highest BCUT2D eigenvalue weighted by atomic mass is 32.2. The lowest BCUT2D eigenvalue weighted by molar-refractivity contribution is 0.0693. The monoisotopic (exact) mass is 345 g/mol. The van der Waals surface area contributed by atoms with Gasteiger partial charge in [-0.05, 0) is 47.5 Å². The molecule has 0 atom stereocenters. The maximum Gasteiger partial charge on any atom is 0.336 e. The SMILES string of the molecule is Cc1cc(Sc2ccccc2C(=O)O)nc2ccc3ccccc3c12. The number of pyridine rings is 1. The molecule has 0 radical (unpaired) electrons. The van der Waals surface area contributed by atoms with Crippen molar-refractivity contribution in [1.82, 2.24) is 4.98 Å². The van der Waals surface area contributed by atoms with Gasteiger partial charge in [-0.15, -0.1) is 0 Å². The van der Waals surface area contributed by atoms with Crippen LogP contribution in [0.3, 0.4) is 0 Å². The van der Waals surface area contributed by atoms with Gasteiger partial charge in [0.05, 0.1) is 11.1 Å². The van der Waals surface area contributed by atoms with Gasteiger partial charge in [-0.3, -0.25) is 0 Å². The first kappa shape index (κ1) is 15.7. The number of aromatic nitrogens is 1. The molecule has 0 unspecified atom stereocenters. The van der Waals surface area contributed by atoms with E-state index in [9.17, 15) is 9.90 Å². The highest BCUT2D eigenvalue weighted by Crippen LogP contribution is 2.34. The van der Waals surface area contributed by atoms with E-state index in [1.165, 1.54) is 22.5 Å². The molecule has 0 fully saturated rings. The van der Waals surface area contributed by atoms with Crippen LogP contribution in [0.15, 0.2) is 76.7 Å². The number of fused-ring (bicyclic) bond motifs is 3. The van der Waals surface area contributed by atoms with Gasteiger partial charge in [0.25, 0.3) is 0 Å². The lowest BCUT2D eigenvalue weighted by atomic mass is 10.0. The number of aryl methyl sites for hydroxylation is 1. The van der Waals surface area contributed by atoms with E-state index >= 15 is 0 Å². The smallest absolute Gasteiger partial charge is 0.336 e. The Balaban J connectivity index is 1.85. The number of hydrogen-bond donors (Lipinski definition) is 1. The molecule has 0 saturated heterocycles. The standard InChI is InChI=1S/C21H15NO2S/c1-13-12-19(25-18-9-5-4-8-16(18)21(23)24)22-17-11-10-14-6-2-3-7-15(14)20(13)17/h2-12H,1H3,(H,23,24). The molecule has 0 aliphatic heterocycles. The van der Waals surface area contributed by atoms with Crippen LogP contribution in [0, 0.1) is 6.92 Å². The summed E-state index contributed by atoms with van der Waals surface area (Å²) in [5.41, 5.74) is 2.36. The zero-order valence-corrected chi connectivity index (χ0v) is 14.4. The first-order valence-corrected chi connectivity index (χ1v) is 8.74. The summed E-state index contributed by atoms with van der Waals surface area (Å²) in [5.74, 6) is -0.924. The summed E-state index contributed by atoms with van der Waals surface area (Å²) in [4.78, 5) is 16.9. The molecule has 3 nitrogen and oxygen atoms in total. The summed E-state index contributed by atoms with van der Waals surface area (Å²) >= 11 is 1.39. The highest BCUT2D eigenvalue weighted by molar-refractivity contribution is 7.99. The summed E-state index contributed by atoms with van der Waals surface area (Å²) in [6.45, 7) is 2.07. The zero-order chi connectivity index (χ0) is 17.4. The Hall–Kier alpha value is -2.85. The van der Waals surface area contributed by atoms with Crippen LogP contribution in [0.25, 0.3) is 21.7 Å². The number of nitrogens with zero attached hydrogens (tertiary/aromatic N) is 1. The molecule has 0 aliphatic rings. The average Bonchev–Trinajstić information content (AvgIpc) is 2.61. The number of benzene rings is 3. The summed E-state index contributed by atoms with van der Waals surface area (Å²) in [6, 6.07) is 21.4. The highest BCUT2D eigenvalue weighted by Gasteiger charge is 2.13. The molecule has 4 rings (SSSR count). The second-order valence-electron chi connectivity index (χ2n) is 5.86. The predicted octanol–water partition coefficient (Wildman–Crippen LogP) is 5.55. The number of carbonyl (C=O) groups is 1. The molecule has 25 heavy (non-hydrogen) atoms. The third kappa shape index (κ3) is 2.85. The quantitative estimate of drug-likeness (QED) is 0.495. The molecule has 0 bridgehead atoms. The van der Waals surface area contributed by atoms with E-state index in [1.807, 2.05) is 36.4 Å². The molecule has 0 aliphatic carbocycles. The van der Waals surface area contributed by atoms with Crippen molar-refractivity contribution in [3.63, 3.8) is 0 Å². The van der Waals surface area contributed by atoms with Crippen LogP contribution in [0.4, 0.5) is 0 Å². The lowest BCUT2D eigenvalue weighted by Crippen LogP contribution is -1.98. The van der Waals surface area contributed by atoms with Crippen LogP contribution < -0.4 is 0 Å². The number of hydrogen-bond acceptors (Lipinski definition) is 3. The molecule has 4 heteroatoms. The molecule has 122 valence electrons. The van der Waals surface area contributed by atoms with Crippen molar-refractivity contribution >= 4 is 39.4 Å². The Morgan fingerprint density at radius 2 is 1.76 bits per heavy atom. The van der Waals surface area contributed by atoms with Gasteiger partial charge in [0.2, 0.25) is 0 Å². The van der Waals surface area contributed by atoms with Gasteiger partial charge in [0.1, 0.15) is 5.03 Å². The van der Waals surface area contributed by atoms with Crippen molar-refractivity contribution in [1.29, 1.82) is 0 Å². The van der Waals surface area contributed by atoms with Crippen LogP contribution in [0.5, 0.6) is 0 Å². The van der Waals surface area contributed by atoms with E-state index in [-0.39, 0.29) is 0 Å². The Kier molecular flexibility index (Phi) is 3.90. The fourth-order valence-electron chi connectivity index (χ4n) is 3.07. The van der Waals surface area contributed by atoms with Crippen molar-refractivity contribution in [2.45, 2.75) is 16.8 Å². The predicted molar refractivity (Wildman–Crippen MR) is 102 cm³/mol. The summed E-state index contributed by atoms with van der Waals surface area (Å²) < 4.78 is 0. The average molecular weight is 345 g/mol. The molecule has 0 spiro atoms. The third-order valence-corrected chi connectivity index (χ3v) is 5.20. The Bertz CT molecular complexity index is 1120. The molecule has 0 saturated carbocycles. The number of carboxylic acids is 1. The van der Waals surface area contributed by atoms with Crippen LogP contribution in [-0.4, -0.2) is 16.1 Å². The third-order valence-electron chi connectivity index (χ3n) is 4.20. The van der Waals surface area contributed by atoms with E-state index < -0.39 is 5.97 Å². The number of rotatable bonds is 3. The summed E-state index contributed by atoms with van der Waals surface area (Å²) in [7, 11) is 0. The van der Waals surface area contributed by atoms with E-state index in [4.69, 9.17) is 4.98 Å². The van der Waals surface area contributed by atoms with Crippen LogP contribution in [0.1, 0.15) is 15.9 Å². The minimum atomic E-state index is -0.924. The Labute approximate surface area is 149 Å². The molecular formula is C21H15NO2S. The van der Waals surface area contributed by atoms with Gasteiger partial charge in [-0.2, -0.15) is 0 Å². The number of carboxylic acid groups (broad SMARTS) is 1. The van der Waals surface area contributed by atoms with Gasteiger partial charge in [0.15, 0.2) is 0 Å². The van der Waals surface area contributed by atoms with E-state index in [0.29, 0.717) is 10.5 Å². The van der Waals surface area contributed by atoms with Gasteiger partial charge < -0.3 is 5.11 Å². The van der Waals surface area contributed by atoms with E-state index in [1.54, 1.807) is 12.1 Å². The second kappa shape index (κ2) is 6.22. The maximum atomic E-state index is 11.4. The summed E-state index contributed by atoms with van der Waals surface area (Å²) in [5, 5.41) is 13.7. The van der Waals surface area contributed by atoms with Gasteiger partial charge in [-0.25, -0.2) is 9.78 Å². The molecule has 4 aromatic rings. The molecular weight excluding hydrogens is 330 g/mol. The van der Waals surface area contributed by atoms with E-state index in [2.05, 4.69) is 25.1 Å². The van der Waals surface area contributed by atoms with Crippen molar-refractivity contribution in [3.8, 4) is 0 Å². The fraction of sp³-hybridized carbons (Fsp3) is 0.0476. The van der Waals surface area contributed by atoms with Gasteiger partial charge in [0, 0.05) is 10.3 Å². The van der Waals surface area contributed by atoms with Crippen molar-refractivity contribution in [3.05, 3.63) is 77.9 Å². The fourth-order valence-corrected chi connectivity index (χ4v) is 4.09. The Morgan fingerprint density at radius 1 is 1.00 bits per heavy atom. The van der Waals surface area contributed by atoms with Crippen LogP contribution in [0.2, 0.25) is 0 Å². The minimum Gasteiger partial charge on any atom is -0.478 e. The first-order valence-electron chi connectivity index (χ1n) is 7.93.